The lowest BCUT2D eigenvalue weighted by Gasteiger charge is -2.24. The van der Waals surface area contributed by atoms with Gasteiger partial charge in [-0.05, 0) is 62.2 Å². The van der Waals surface area contributed by atoms with E-state index in [1.54, 1.807) is 42.5 Å². The second-order valence-corrected chi connectivity index (χ2v) is 10.0. The zero-order valence-corrected chi connectivity index (χ0v) is 22.0. The molecule has 1 atom stereocenters. The highest BCUT2D eigenvalue weighted by Crippen LogP contribution is 2.44. The third-order valence-corrected chi connectivity index (χ3v) is 6.32. The average molecular weight is 522 g/mol. The summed E-state index contributed by atoms with van der Waals surface area (Å²) in [5, 5.41) is 9.50. The van der Waals surface area contributed by atoms with Crippen LogP contribution in [0.1, 0.15) is 47.8 Å². The maximum absolute atomic E-state index is 14.3. The minimum atomic E-state index is -1.12. The number of hydrogen-bond acceptors (Lipinski definition) is 5. The van der Waals surface area contributed by atoms with E-state index in [0.29, 0.717) is 41.2 Å². The van der Waals surface area contributed by atoms with Gasteiger partial charge in [0, 0.05) is 30.5 Å². The molecule has 0 saturated carbocycles. The van der Waals surface area contributed by atoms with Crippen LogP contribution >= 0.6 is 0 Å². The van der Waals surface area contributed by atoms with E-state index in [1.807, 2.05) is 32.9 Å². The minimum absolute atomic E-state index is 0.0262. The fourth-order valence-electron chi connectivity index (χ4n) is 4.72. The second kappa shape index (κ2) is 11.1. The third kappa shape index (κ3) is 6.25. The summed E-state index contributed by atoms with van der Waals surface area (Å²) in [7, 11) is 1.48. The Morgan fingerprint density at radius 1 is 1.13 bits per heavy atom. The number of nitrogens with zero attached hydrogens (tertiary/aromatic N) is 1. The number of amides is 1. The van der Waals surface area contributed by atoms with Crippen LogP contribution in [-0.2, 0) is 24.2 Å². The van der Waals surface area contributed by atoms with E-state index in [-0.39, 0.29) is 18.5 Å². The van der Waals surface area contributed by atoms with Crippen LogP contribution in [0.4, 0.5) is 4.39 Å². The molecule has 3 aromatic rings. The Morgan fingerprint density at radius 3 is 2.47 bits per heavy atom. The number of carboxylic acid groups (broad SMARTS) is 1. The molecular formula is C30H32FNO6. The maximum Gasteiger partial charge on any atom is 0.323 e. The minimum Gasteiger partial charge on any atom is -0.493 e. The van der Waals surface area contributed by atoms with Crippen molar-refractivity contribution < 1.29 is 33.3 Å². The summed E-state index contributed by atoms with van der Waals surface area (Å²) in [6.45, 7) is 5.39. The van der Waals surface area contributed by atoms with Crippen LogP contribution in [0.3, 0.4) is 0 Å². The summed E-state index contributed by atoms with van der Waals surface area (Å²) in [5.41, 5.74) is 1.61. The van der Waals surface area contributed by atoms with Crippen LogP contribution in [0.2, 0.25) is 0 Å². The zero-order valence-electron chi connectivity index (χ0n) is 22.0. The van der Waals surface area contributed by atoms with Gasteiger partial charge >= 0.3 is 5.97 Å². The van der Waals surface area contributed by atoms with Gasteiger partial charge in [0.2, 0.25) is 0 Å². The van der Waals surface area contributed by atoms with Gasteiger partial charge in [-0.15, -0.1) is 0 Å². The normalized spacial score (nSPS) is 16.1. The molecule has 0 bridgehead atoms. The van der Waals surface area contributed by atoms with Crippen molar-refractivity contribution >= 4 is 11.9 Å². The van der Waals surface area contributed by atoms with Gasteiger partial charge in [0.1, 0.15) is 23.7 Å². The van der Waals surface area contributed by atoms with Crippen molar-refractivity contribution in [2.24, 2.45) is 0 Å². The molecule has 1 aliphatic rings. The molecule has 1 N–H and O–H groups in total. The topological polar surface area (TPSA) is 85.3 Å². The molecule has 200 valence electrons. The van der Waals surface area contributed by atoms with Gasteiger partial charge in [0.05, 0.1) is 13.2 Å². The molecular weight excluding hydrogens is 489 g/mol. The highest BCUT2D eigenvalue weighted by atomic mass is 19.1. The third-order valence-electron chi connectivity index (χ3n) is 6.32. The van der Waals surface area contributed by atoms with E-state index in [0.717, 1.165) is 11.1 Å². The number of carbonyl (C=O) groups is 2. The SMILES string of the molecule is COc1cc(C(=O)N(CC(=O)O)Cc2ccc(OC(C)C)cc2)cc2c1OC(C)(Cc1ccccc1F)C2. The molecule has 7 nitrogen and oxygen atoms in total. The van der Waals surface area contributed by atoms with Gasteiger partial charge in [0.15, 0.2) is 11.5 Å². The maximum atomic E-state index is 14.3. The van der Waals surface area contributed by atoms with E-state index in [2.05, 4.69) is 0 Å². The molecule has 0 aromatic heterocycles. The van der Waals surface area contributed by atoms with Crippen molar-refractivity contribution in [2.75, 3.05) is 13.7 Å². The van der Waals surface area contributed by atoms with Gasteiger partial charge in [-0.1, -0.05) is 30.3 Å². The predicted octanol–water partition coefficient (Wildman–Crippen LogP) is 5.28. The van der Waals surface area contributed by atoms with Crippen molar-refractivity contribution in [1.29, 1.82) is 0 Å². The lowest BCUT2D eigenvalue weighted by Crippen LogP contribution is -2.35. The highest BCUT2D eigenvalue weighted by Gasteiger charge is 2.38. The van der Waals surface area contributed by atoms with Crippen LogP contribution in [0.25, 0.3) is 0 Å². The molecule has 1 amide bonds. The Labute approximate surface area is 221 Å². The first kappa shape index (κ1) is 27.0. The molecule has 38 heavy (non-hydrogen) atoms. The Morgan fingerprint density at radius 2 is 1.84 bits per heavy atom. The molecule has 1 unspecified atom stereocenters. The Hall–Kier alpha value is -4.07. The number of fused-ring (bicyclic) bond motifs is 1. The molecule has 4 rings (SSSR count). The van der Waals surface area contributed by atoms with E-state index < -0.39 is 24.0 Å². The Bertz CT molecular complexity index is 1320. The zero-order chi connectivity index (χ0) is 27.4. The van der Waals surface area contributed by atoms with Crippen molar-refractivity contribution in [2.45, 2.75) is 51.9 Å². The molecule has 1 aliphatic heterocycles. The first-order valence-electron chi connectivity index (χ1n) is 12.5. The van der Waals surface area contributed by atoms with Gasteiger partial charge in [-0.25, -0.2) is 4.39 Å². The monoisotopic (exact) mass is 521 g/mol. The van der Waals surface area contributed by atoms with Crippen molar-refractivity contribution in [3.8, 4) is 17.2 Å². The number of benzene rings is 3. The van der Waals surface area contributed by atoms with Crippen LogP contribution in [0.15, 0.2) is 60.7 Å². The van der Waals surface area contributed by atoms with Crippen LogP contribution < -0.4 is 14.2 Å². The highest BCUT2D eigenvalue weighted by molar-refractivity contribution is 5.97. The van der Waals surface area contributed by atoms with E-state index in [4.69, 9.17) is 14.2 Å². The van der Waals surface area contributed by atoms with E-state index in [9.17, 15) is 19.1 Å². The number of aliphatic carboxylic acids is 1. The fourth-order valence-corrected chi connectivity index (χ4v) is 4.72. The first-order chi connectivity index (χ1) is 18.1. The number of halogens is 1. The van der Waals surface area contributed by atoms with Gasteiger partial charge in [0.25, 0.3) is 5.91 Å². The lowest BCUT2D eigenvalue weighted by molar-refractivity contribution is -0.137. The smallest absolute Gasteiger partial charge is 0.323 e. The quantitative estimate of drug-likeness (QED) is 0.391. The summed E-state index contributed by atoms with van der Waals surface area (Å²) in [6.07, 6.45) is 0.797. The number of rotatable bonds is 10. The summed E-state index contributed by atoms with van der Waals surface area (Å²) in [6, 6.07) is 17.0. The molecule has 0 radical (unpaired) electrons. The molecule has 0 saturated heterocycles. The molecule has 0 fully saturated rings. The van der Waals surface area contributed by atoms with Crippen LogP contribution in [0, 0.1) is 5.82 Å². The van der Waals surface area contributed by atoms with Crippen LogP contribution in [-0.4, -0.2) is 47.2 Å². The van der Waals surface area contributed by atoms with Gasteiger partial charge in [-0.2, -0.15) is 0 Å². The van der Waals surface area contributed by atoms with Gasteiger partial charge in [-0.3, -0.25) is 9.59 Å². The van der Waals surface area contributed by atoms with E-state index in [1.165, 1.54) is 18.1 Å². The van der Waals surface area contributed by atoms with Crippen molar-refractivity contribution in [3.63, 3.8) is 0 Å². The predicted molar refractivity (Wildman–Crippen MR) is 140 cm³/mol. The largest absolute Gasteiger partial charge is 0.493 e. The first-order valence-corrected chi connectivity index (χ1v) is 12.5. The van der Waals surface area contributed by atoms with Crippen molar-refractivity contribution in [1.82, 2.24) is 4.90 Å². The van der Waals surface area contributed by atoms with Gasteiger partial charge < -0.3 is 24.2 Å². The lowest BCUT2D eigenvalue weighted by atomic mass is 9.91. The number of methoxy groups -OCH3 is 1. The summed E-state index contributed by atoms with van der Waals surface area (Å²) in [5.74, 6) is -0.293. The molecule has 0 aliphatic carbocycles. The van der Waals surface area contributed by atoms with E-state index >= 15 is 0 Å². The standard InChI is InChI=1S/C30H32FNO6/c1-19(2)37-24-11-9-20(10-12-24)17-32(18-27(33)34)29(35)22-13-23-16-30(3,38-28(23)26(14-22)36-4)15-21-7-5-6-8-25(21)31/h5-14,19H,15-18H2,1-4H3,(H,33,34). The molecule has 3 aromatic carbocycles. The van der Waals surface area contributed by atoms with Crippen molar-refractivity contribution in [3.05, 3.63) is 88.7 Å². The summed E-state index contributed by atoms with van der Waals surface area (Å²) in [4.78, 5) is 26.4. The summed E-state index contributed by atoms with van der Waals surface area (Å²) >= 11 is 0. The fraction of sp³-hybridized carbons (Fsp3) is 0.333. The van der Waals surface area contributed by atoms with Crippen LogP contribution in [0.5, 0.6) is 17.2 Å². The molecule has 8 heteroatoms. The summed E-state index contributed by atoms with van der Waals surface area (Å²) < 4.78 is 31.8. The number of ether oxygens (including phenoxy) is 3. The second-order valence-electron chi connectivity index (χ2n) is 10.0. The Balaban J connectivity index is 1.58. The number of hydrogen-bond donors (Lipinski definition) is 1. The Kier molecular flexibility index (Phi) is 7.90. The average Bonchev–Trinajstić information content (AvgIpc) is 3.20. The number of carboxylic acids is 1. The number of carbonyl (C=O) groups excluding carboxylic acids is 1. The molecule has 0 spiro atoms. The molecule has 1 heterocycles.